The lowest BCUT2D eigenvalue weighted by Gasteiger charge is -2.37. The third-order valence-corrected chi connectivity index (χ3v) is 6.12. The van der Waals surface area contributed by atoms with Crippen LogP contribution in [-0.2, 0) is 11.3 Å². The molecule has 2 aliphatic heterocycles. The van der Waals surface area contributed by atoms with Gasteiger partial charge in [-0.25, -0.2) is 9.97 Å². The summed E-state index contributed by atoms with van der Waals surface area (Å²) in [4.78, 5) is 33.7. The van der Waals surface area contributed by atoms with Crippen LogP contribution >= 0.6 is 0 Å². The summed E-state index contributed by atoms with van der Waals surface area (Å²) in [5.74, 6) is 0.809. The molecule has 2 aromatic rings. The van der Waals surface area contributed by atoms with Crippen LogP contribution in [0.4, 0.5) is 5.95 Å². The summed E-state index contributed by atoms with van der Waals surface area (Å²) in [6.45, 7) is 4.02. The maximum absolute atomic E-state index is 13.0. The van der Waals surface area contributed by atoms with E-state index >= 15 is 0 Å². The second kappa shape index (κ2) is 9.25. The molecule has 0 radical (unpaired) electrons. The molecule has 0 saturated carbocycles. The number of nitrogens with zero attached hydrogens (tertiary/aromatic N) is 6. The average molecular weight is 409 g/mol. The predicted molar refractivity (Wildman–Crippen MR) is 113 cm³/mol. The van der Waals surface area contributed by atoms with Gasteiger partial charge in [0, 0.05) is 61.8 Å². The molecule has 0 aromatic carbocycles. The number of amides is 1. The van der Waals surface area contributed by atoms with Gasteiger partial charge in [0.1, 0.15) is 5.69 Å². The molecule has 0 spiro atoms. The highest BCUT2D eigenvalue weighted by Gasteiger charge is 2.32. The van der Waals surface area contributed by atoms with Gasteiger partial charge in [0.05, 0.1) is 11.9 Å². The van der Waals surface area contributed by atoms with Crippen molar-refractivity contribution in [3.8, 4) is 0 Å². The molecule has 0 unspecified atom stereocenters. The van der Waals surface area contributed by atoms with Crippen molar-refractivity contribution in [1.82, 2.24) is 29.7 Å². The van der Waals surface area contributed by atoms with Gasteiger partial charge in [-0.3, -0.25) is 19.7 Å². The van der Waals surface area contributed by atoms with Crippen molar-refractivity contribution in [3.05, 3.63) is 42.2 Å². The second-order valence-corrected chi connectivity index (χ2v) is 8.10. The summed E-state index contributed by atoms with van der Waals surface area (Å²) in [5.41, 5.74) is 7.76. The summed E-state index contributed by atoms with van der Waals surface area (Å²) in [5, 5.41) is 8.39. The topological polar surface area (TPSA) is 125 Å². The Kier molecular flexibility index (Phi) is 6.27. The molecule has 158 valence electrons. The van der Waals surface area contributed by atoms with Crippen LogP contribution in [0.2, 0.25) is 0 Å². The molecule has 4 rings (SSSR count). The Morgan fingerprint density at radius 2 is 1.63 bits per heavy atom. The number of nitrogens with one attached hydrogen (secondary N) is 1. The number of likely N-dealkylation sites (tertiary alicyclic amines) is 2. The van der Waals surface area contributed by atoms with E-state index in [2.05, 4.69) is 24.8 Å². The number of carbonyl (C=O) groups is 1. The second-order valence-electron chi connectivity index (χ2n) is 8.10. The minimum Gasteiger partial charge on any atom is -0.368 e. The first-order chi connectivity index (χ1) is 14.6. The van der Waals surface area contributed by atoms with Crippen LogP contribution in [-0.4, -0.2) is 67.5 Å². The Morgan fingerprint density at radius 1 is 0.967 bits per heavy atom. The number of hydrogen-bond acceptors (Lipinski definition) is 8. The maximum Gasteiger partial charge on any atom is 0.225 e. The molecule has 9 heteroatoms. The zero-order chi connectivity index (χ0) is 20.9. The molecule has 2 aromatic heterocycles. The molecular weight excluding hydrogens is 380 g/mol. The fraction of sp³-hybridized carbons (Fsp3) is 0.524. The summed E-state index contributed by atoms with van der Waals surface area (Å²) >= 11 is 0. The first kappa shape index (κ1) is 20.3. The molecule has 0 aliphatic carbocycles. The van der Waals surface area contributed by atoms with Gasteiger partial charge < -0.3 is 16.0 Å². The number of nitrogens with two attached hydrogens (primary N) is 1. The van der Waals surface area contributed by atoms with Gasteiger partial charge in [0.2, 0.25) is 11.9 Å². The number of rotatable bonds is 5. The highest BCUT2D eigenvalue weighted by Crippen LogP contribution is 2.26. The Labute approximate surface area is 176 Å². The SMILES string of the molecule is N=C(c1cnccn1)C1CCN(C(=O)C2CCN(Cc3cnc(N)nc3)CC2)CC1. The quantitative estimate of drug-likeness (QED) is 0.716. The molecule has 2 saturated heterocycles. The molecule has 2 aliphatic rings. The lowest BCUT2D eigenvalue weighted by molar-refractivity contribution is -0.138. The van der Waals surface area contributed by atoms with Crippen LogP contribution < -0.4 is 5.73 Å². The minimum absolute atomic E-state index is 0.0971. The molecule has 0 atom stereocenters. The smallest absolute Gasteiger partial charge is 0.225 e. The molecule has 30 heavy (non-hydrogen) atoms. The van der Waals surface area contributed by atoms with Gasteiger partial charge in [-0.15, -0.1) is 0 Å². The van der Waals surface area contributed by atoms with Crippen LogP contribution in [0.1, 0.15) is 36.9 Å². The zero-order valence-electron chi connectivity index (χ0n) is 17.1. The molecule has 1 amide bonds. The summed E-state index contributed by atoms with van der Waals surface area (Å²) in [6.07, 6.45) is 11.8. The van der Waals surface area contributed by atoms with Crippen molar-refractivity contribution in [2.24, 2.45) is 11.8 Å². The van der Waals surface area contributed by atoms with Crippen molar-refractivity contribution in [2.45, 2.75) is 32.2 Å². The fourth-order valence-electron chi connectivity index (χ4n) is 4.34. The van der Waals surface area contributed by atoms with E-state index in [0.29, 0.717) is 17.4 Å². The van der Waals surface area contributed by atoms with Gasteiger partial charge in [0.15, 0.2) is 0 Å². The standard InChI is InChI=1S/C21H28N8O/c22-19(18-13-24-5-6-25-18)16-3-9-29(10-4-16)20(30)17-1-7-28(8-2-17)14-15-11-26-21(23)27-12-15/h5-6,11-13,16-17,22H,1-4,7-10,14H2,(H2,23,26,27). The van der Waals surface area contributed by atoms with Crippen LogP contribution in [0.3, 0.4) is 0 Å². The van der Waals surface area contributed by atoms with Crippen LogP contribution in [0.25, 0.3) is 0 Å². The van der Waals surface area contributed by atoms with Crippen molar-refractivity contribution in [1.29, 1.82) is 5.41 Å². The minimum atomic E-state index is 0.0971. The number of nitrogen functional groups attached to an aromatic ring is 1. The summed E-state index contributed by atoms with van der Waals surface area (Å²) < 4.78 is 0. The lowest BCUT2D eigenvalue weighted by Crippen LogP contribution is -2.46. The van der Waals surface area contributed by atoms with Gasteiger partial charge in [-0.05, 0) is 38.8 Å². The maximum atomic E-state index is 13.0. The van der Waals surface area contributed by atoms with Gasteiger partial charge in [-0.2, -0.15) is 0 Å². The number of piperidine rings is 2. The Bertz CT molecular complexity index is 856. The summed E-state index contributed by atoms with van der Waals surface area (Å²) in [6, 6.07) is 0. The Hall–Kier alpha value is -2.94. The highest BCUT2D eigenvalue weighted by atomic mass is 16.2. The third-order valence-electron chi connectivity index (χ3n) is 6.12. The third kappa shape index (κ3) is 4.79. The van der Waals surface area contributed by atoms with Crippen LogP contribution in [0.5, 0.6) is 0 Å². The number of carbonyl (C=O) groups excluding carboxylic acids is 1. The van der Waals surface area contributed by atoms with Crippen molar-refractivity contribution < 1.29 is 4.79 Å². The fourth-order valence-corrected chi connectivity index (χ4v) is 4.34. The lowest BCUT2D eigenvalue weighted by atomic mass is 9.88. The van der Waals surface area contributed by atoms with Crippen LogP contribution in [0, 0.1) is 17.2 Å². The van der Waals surface area contributed by atoms with Crippen molar-refractivity contribution >= 4 is 17.6 Å². The normalized spacial score (nSPS) is 19.0. The molecule has 4 heterocycles. The van der Waals surface area contributed by atoms with E-state index in [1.165, 1.54) is 0 Å². The van der Waals surface area contributed by atoms with Gasteiger partial charge >= 0.3 is 0 Å². The summed E-state index contributed by atoms with van der Waals surface area (Å²) in [7, 11) is 0. The van der Waals surface area contributed by atoms with E-state index in [4.69, 9.17) is 11.1 Å². The average Bonchev–Trinajstić information content (AvgIpc) is 2.81. The molecule has 3 N–H and O–H groups in total. The zero-order valence-corrected chi connectivity index (χ0v) is 17.1. The molecule has 9 nitrogen and oxygen atoms in total. The largest absolute Gasteiger partial charge is 0.368 e. The van der Waals surface area contributed by atoms with E-state index < -0.39 is 0 Å². The van der Waals surface area contributed by atoms with E-state index in [1.54, 1.807) is 31.0 Å². The highest BCUT2D eigenvalue weighted by molar-refractivity contribution is 5.98. The van der Waals surface area contributed by atoms with E-state index in [0.717, 1.165) is 64.0 Å². The Balaban J connectivity index is 1.23. The van der Waals surface area contributed by atoms with E-state index in [1.807, 2.05) is 4.90 Å². The van der Waals surface area contributed by atoms with Crippen LogP contribution in [0.15, 0.2) is 31.0 Å². The number of hydrogen-bond donors (Lipinski definition) is 2. The first-order valence-corrected chi connectivity index (χ1v) is 10.5. The molecule has 2 fully saturated rings. The predicted octanol–water partition coefficient (Wildman–Crippen LogP) is 1.37. The number of anilines is 1. The molecular formula is C21H28N8O. The van der Waals surface area contributed by atoms with E-state index in [9.17, 15) is 4.79 Å². The van der Waals surface area contributed by atoms with Crippen molar-refractivity contribution in [2.75, 3.05) is 31.9 Å². The Morgan fingerprint density at radius 3 is 2.27 bits per heavy atom. The van der Waals surface area contributed by atoms with E-state index in [-0.39, 0.29) is 17.7 Å². The first-order valence-electron chi connectivity index (χ1n) is 10.5. The number of aromatic nitrogens is 4. The molecule has 0 bridgehead atoms. The monoisotopic (exact) mass is 408 g/mol. The van der Waals surface area contributed by atoms with Gasteiger partial charge in [-0.1, -0.05) is 0 Å². The van der Waals surface area contributed by atoms with Crippen molar-refractivity contribution in [3.63, 3.8) is 0 Å². The van der Waals surface area contributed by atoms with Gasteiger partial charge in [0.25, 0.3) is 0 Å².